The monoisotopic (exact) mass is 449 g/mol. The average Bonchev–Trinajstić information content (AvgIpc) is 3.27. The summed E-state index contributed by atoms with van der Waals surface area (Å²) in [7, 11) is 4.11. The SMILES string of the molecule is Cc1cc(-c2ncc3nc(N(C)C4CC(C)(C)NC(C)(C)C4)sc3n2)cc2cn(C)nc12. The van der Waals surface area contributed by atoms with Gasteiger partial charge in [-0.3, -0.25) is 4.68 Å². The molecule has 1 fully saturated rings. The average molecular weight is 450 g/mol. The molecule has 0 aliphatic carbocycles. The van der Waals surface area contributed by atoms with E-state index in [1.54, 1.807) is 11.3 Å². The van der Waals surface area contributed by atoms with Gasteiger partial charge in [0.05, 0.1) is 11.7 Å². The van der Waals surface area contributed by atoms with Crippen LogP contribution in [0.4, 0.5) is 5.13 Å². The third kappa shape index (κ3) is 3.86. The molecule has 0 saturated carbocycles. The Kier molecular flexibility index (Phi) is 4.80. The van der Waals surface area contributed by atoms with Crippen molar-refractivity contribution in [1.82, 2.24) is 30.0 Å². The zero-order valence-corrected chi connectivity index (χ0v) is 20.7. The molecule has 1 N–H and O–H groups in total. The highest BCUT2D eigenvalue weighted by Crippen LogP contribution is 2.36. The maximum absolute atomic E-state index is 4.88. The van der Waals surface area contributed by atoms with Crippen LogP contribution in [-0.2, 0) is 7.05 Å². The molecule has 1 saturated heterocycles. The molecule has 8 heteroatoms. The van der Waals surface area contributed by atoms with Crippen LogP contribution in [0.1, 0.15) is 46.1 Å². The minimum absolute atomic E-state index is 0.0904. The summed E-state index contributed by atoms with van der Waals surface area (Å²) in [6.45, 7) is 11.2. The highest BCUT2D eigenvalue weighted by atomic mass is 32.1. The molecule has 3 aromatic heterocycles. The van der Waals surface area contributed by atoms with Gasteiger partial charge in [-0.2, -0.15) is 5.10 Å². The molecule has 7 nitrogen and oxygen atoms in total. The Bertz CT molecular complexity index is 1300. The van der Waals surface area contributed by atoms with Crippen LogP contribution in [0.15, 0.2) is 24.5 Å². The van der Waals surface area contributed by atoms with E-state index in [2.05, 4.69) is 74.1 Å². The van der Waals surface area contributed by atoms with E-state index in [1.165, 1.54) is 0 Å². The van der Waals surface area contributed by atoms with Gasteiger partial charge >= 0.3 is 0 Å². The molecule has 0 atom stereocenters. The molecule has 5 rings (SSSR count). The third-order valence-electron chi connectivity index (χ3n) is 6.33. The Morgan fingerprint density at radius 2 is 1.84 bits per heavy atom. The molecular formula is C24H31N7S. The van der Waals surface area contributed by atoms with Crippen LogP contribution in [0.25, 0.3) is 32.6 Å². The largest absolute Gasteiger partial charge is 0.348 e. The quantitative estimate of drug-likeness (QED) is 0.489. The first-order chi connectivity index (χ1) is 15.0. The number of benzene rings is 1. The summed E-state index contributed by atoms with van der Waals surface area (Å²) in [4.78, 5) is 17.7. The van der Waals surface area contributed by atoms with Crippen molar-refractivity contribution in [2.75, 3.05) is 11.9 Å². The Labute approximate surface area is 192 Å². The lowest BCUT2D eigenvalue weighted by molar-refractivity contribution is 0.161. The van der Waals surface area contributed by atoms with E-state index in [4.69, 9.17) is 9.97 Å². The minimum Gasteiger partial charge on any atom is -0.348 e. The number of piperidine rings is 1. The number of thiazole rings is 1. The first-order valence-corrected chi connectivity index (χ1v) is 11.9. The summed E-state index contributed by atoms with van der Waals surface area (Å²) < 4.78 is 1.85. The number of hydrogen-bond acceptors (Lipinski definition) is 7. The molecule has 0 spiro atoms. The number of anilines is 1. The molecule has 0 amide bonds. The molecule has 0 radical (unpaired) electrons. The normalized spacial score (nSPS) is 18.5. The second-order valence-electron chi connectivity index (χ2n) is 10.5. The number of aromatic nitrogens is 5. The van der Waals surface area contributed by atoms with Gasteiger partial charge in [-0.1, -0.05) is 11.3 Å². The highest BCUT2D eigenvalue weighted by molar-refractivity contribution is 7.21. The Morgan fingerprint density at radius 1 is 1.12 bits per heavy atom. The summed E-state index contributed by atoms with van der Waals surface area (Å²) in [5, 5.41) is 10.4. The Hall–Kier alpha value is -2.58. The molecule has 1 aliphatic heterocycles. The number of fused-ring (bicyclic) bond motifs is 2. The van der Waals surface area contributed by atoms with Gasteiger partial charge in [0.15, 0.2) is 11.0 Å². The van der Waals surface area contributed by atoms with Crippen molar-refractivity contribution >= 4 is 37.7 Å². The predicted molar refractivity (Wildman–Crippen MR) is 132 cm³/mol. The summed E-state index contributed by atoms with van der Waals surface area (Å²) in [5.41, 5.74) is 4.19. The van der Waals surface area contributed by atoms with E-state index >= 15 is 0 Å². The van der Waals surface area contributed by atoms with Crippen LogP contribution < -0.4 is 10.2 Å². The fourth-order valence-corrected chi connectivity index (χ4v) is 6.22. The van der Waals surface area contributed by atoms with Gasteiger partial charge in [-0.05, 0) is 65.2 Å². The molecule has 32 heavy (non-hydrogen) atoms. The third-order valence-corrected chi connectivity index (χ3v) is 7.39. The van der Waals surface area contributed by atoms with Crippen LogP contribution in [0, 0.1) is 6.92 Å². The first-order valence-electron chi connectivity index (χ1n) is 11.1. The molecule has 1 aromatic carbocycles. The Morgan fingerprint density at radius 3 is 2.56 bits per heavy atom. The van der Waals surface area contributed by atoms with Gasteiger partial charge in [-0.25, -0.2) is 15.0 Å². The molecule has 0 bridgehead atoms. The fraction of sp³-hybridized carbons (Fsp3) is 0.500. The number of hydrogen-bond donors (Lipinski definition) is 1. The maximum atomic E-state index is 4.88. The predicted octanol–water partition coefficient (Wildman–Crippen LogP) is 4.69. The van der Waals surface area contributed by atoms with E-state index in [1.807, 2.05) is 24.1 Å². The molecule has 4 heterocycles. The van der Waals surface area contributed by atoms with E-state index in [0.717, 1.165) is 56.2 Å². The minimum atomic E-state index is 0.0904. The summed E-state index contributed by atoms with van der Waals surface area (Å²) in [6.07, 6.45) is 6.03. The van der Waals surface area contributed by atoms with E-state index in [0.29, 0.717) is 6.04 Å². The number of nitrogens with zero attached hydrogens (tertiary/aromatic N) is 6. The van der Waals surface area contributed by atoms with Crippen LogP contribution >= 0.6 is 11.3 Å². The molecule has 4 aromatic rings. The second kappa shape index (κ2) is 7.22. The first kappa shape index (κ1) is 21.3. The van der Waals surface area contributed by atoms with Gasteiger partial charge < -0.3 is 10.2 Å². The number of rotatable bonds is 3. The van der Waals surface area contributed by atoms with Crippen molar-refractivity contribution in [3.8, 4) is 11.4 Å². The van der Waals surface area contributed by atoms with Crippen molar-refractivity contribution in [2.24, 2.45) is 7.05 Å². The topological polar surface area (TPSA) is 71.8 Å². The van der Waals surface area contributed by atoms with Crippen molar-refractivity contribution in [3.05, 3.63) is 30.1 Å². The maximum Gasteiger partial charge on any atom is 0.187 e. The zero-order valence-electron chi connectivity index (χ0n) is 19.9. The van der Waals surface area contributed by atoms with Gasteiger partial charge in [0.2, 0.25) is 0 Å². The standard InChI is InChI=1S/C24H31N7S/c1-14-8-15(9-16-13-30(6)28-19(14)16)20-25-12-18-21(27-20)32-22(26-18)31(7)17-10-23(2,3)29-24(4,5)11-17/h8-9,12-13,17,29H,10-11H2,1-7H3. The van der Waals surface area contributed by atoms with Gasteiger partial charge in [-0.15, -0.1) is 0 Å². The smallest absolute Gasteiger partial charge is 0.187 e. The molecule has 1 aliphatic rings. The zero-order chi connectivity index (χ0) is 22.8. The van der Waals surface area contributed by atoms with E-state index in [9.17, 15) is 0 Å². The fourth-order valence-electron chi connectivity index (χ4n) is 5.27. The molecule has 168 valence electrons. The lowest BCUT2D eigenvalue weighted by Gasteiger charge is -2.48. The van der Waals surface area contributed by atoms with Gasteiger partial charge in [0, 0.05) is 48.4 Å². The number of nitrogens with one attached hydrogen (secondary N) is 1. The lowest BCUT2D eigenvalue weighted by atomic mass is 9.79. The van der Waals surface area contributed by atoms with Crippen molar-refractivity contribution in [3.63, 3.8) is 0 Å². The van der Waals surface area contributed by atoms with Crippen LogP contribution in [0.3, 0.4) is 0 Å². The molecular weight excluding hydrogens is 418 g/mol. The molecule has 0 unspecified atom stereocenters. The van der Waals surface area contributed by atoms with Crippen LogP contribution in [0.5, 0.6) is 0 Å². The van der Waals surface area contributed by atoms with E-state index in [-0.39, 0.29) is 11.1 Å². The highest BCUT2D eigenvalue weighted by Gasteiger charge is 2.39. The van der Waals surface area contributed by atoms with Crippen molar-refractivity contribution in [1.29, 1.82) is 0 Å². The van der Waals surface area contributed by atoms with E-state index < -0.39 is 0 Å². The summed E-state index contributed by atoms with van der Waals surface area (Å²) >= 11 is 1.65. The summed E-state index contributed by atoms with van der Waals surface area (Å²) in [6, 6.07) is 4.65. The summed E-state index contributed by atoms with van der Waals surface area (Å²) in [5.74, 6) is 0.730. The van der Waals surface area contributed by atoms with Gasteiger partial charge in [0.25, 0.3) is 0 Å². The van der Waals surface area contributed by atoms with Gasteiger partial charge in [0.1, 0.15) is 10.3 Å². The number of aryl methyl sites for hydroxylation is 2. The van der Waals surface area contributed by atoms with Crippen molar-refractivity contribution < 1.29 is 0 Å². The van der Waals surface area contributed by atoms with Crippen molar-refractivity contribution in [2.45, 2.75) is 64.6 Å². The lowest BCUT2D eigenvalue weighted by Crippen LogP contribution is -2.61. The van der Waals surface area contributed by atoms with Crippen LogP contribution in [0.2, 0.25) is 0 Å². The Balaban J connectivity index is 1.48. The van der Waals surface area contributed by atoms with Crippen LogP contribution in [-0.4, -0.2) is 48.9 Å². The second-order valence-corrected chi connectivity index (χ2v) is 11.4.